The van der Waals surface area contributed by atoms with E-state index in [2.05, 4.69) is 36.2 Å². The summed E-state index contributed by atoms with van der Waals surface area (Å²) in [5, 5.41) is 1.09. The summed E-state index contributed by atoms with van der Waals surface area (Å²) in [5.41, 5.74) is 2.49. The first-order valence-corrected chi connectivity index (χ1v) is 5.08. The second-order valence-electron chi connectivity index (χ2n) is 2.60. The van der Waals surface area contributed by atoms with Gasteiger partial charge in [0.15, 0.2) is 0 Å². The molecule has 0 fully saturated rings. The molecule has 2 heteroatoms. The fourth-order valence-electron chi connectivity index (χ4n) is 1.03. The number of aryl methyl sites for hydroxylation is 1. The van der Waals surface area contributed by atoms with Crippen LogP contribution in [0.3, 0.4) is 0 Å². The molecule has 12 heavy (non-hydrogen) atoms. The number of nitrogens with zero attached hydrogens (tertiary/aromatic N) is 1. The Bertz CT molecular complexity index is 274. The Balaban J connectivity index is 2.96. The minimum Gasteiger partial charge on any atom is -0.281 e. The van der Waals surface area contributed by atoms with Crippen molar-refractivity contribution in [2.45, 2.75) is 6.92 Å². The lowest BCUT2D eigenvalue weighted by Gasteiger charge is -2.01. The van der Waals surface area contributed by atoms with Gasteiger partial charge < -0.3 is 0 Å². The zero-order valence-corrected chi connectivity index (χ0v) is 8.48. The van der Waals surface area contributed by atoms with Crippen LogP contribution in [0.5, 0.6) is 0 Å². The maximum Gasteiger partial charge on any atom is 0.0970 e. The number of rotatable bonds is 1. The maximum atomic E-state index is 4.19. The first kappa shape index (κ1) is 9.33. The Morgan fingerprint density at radius 1 is 1.25 bits per heavy atom. The molecule has 1 rings (SSSR count). The zero-order valence-electron chi connectivity index (χ0n) is 7.66. The predicted molar refractivity (Wildman–Crippen MR) is 57.2 cm³/mol. The molecule has 0 N–H and O–H groups in total. The van der Waals surface area contributed by atoms with Gasteiger partial charge in [-0.15, -0.1) is 11.8 Å². The molecule has 0 spiro atoms. The molecule has 0 saturated heterocycles. The molecule has 0 amide bonds. The van der Waals surface area contributed by atoms with Gasteiger partial charge in [0.2, 0.25) is 0 Å². The molecular weight excluding hydrogens is 166 g/mol. The summed E-state index contributed by atoms with van der Waals surface area (Å²) < 4.78 is 0. The van der Waals surface area contributed by atoms with Gasteiger partial charge in [0.25, 0.3) is 0 Å². The second kappa shape index (κ2) is 4.31. The van der Waals surface area contributed by atoms with Gasteiger partial charge in [-0.3, -0.25) is 4.99 Å². The highest BCUT2D eigenvalue weighted by molar-refractivity contribution is 8.13. The van der Waals surface area contributed by atoms with Gasteiger partial charge in [-0.2, -0.15) is 0 Å². The molecule has 0 saturated carbocycles. The quantitative estimate of drug-likeness (QED) is 0.477. The monoisotopic (exact) mass is 179 g/mol. The van der Waals surface area contributed by atoms with Gasteiger partial charge in [0.1, 0.15) is 0 Å². The van der Waals surface area contributed by atoms with Crippen LogP contribution in [0.4, 0.5) is 0 Å². The van der Waals surface area contributed by atoms with Gasteiger partial charge in [0, 0.05) is 12.6 Å². The van der Waals surface area contributed by atoms with Crippen LogP contribution in [0.1, 0.15) is 11.1 Å². The van der Waals surface area contributed by atoms with Gasteiger partial charge in [0.05, 0.1) is 5.04 Å². The summed E-state index contributed by atoms with van der Waals surface area (Å²) in [7, 11) is 1.83. The highest BCUT2D eigenvalue weighted by Crippen LogP contribution is 2.11. The first-order valence-electron chi connectivity index (χ1n) is 3.85. The van der Waals surface area contributed by atoms with Crippen LogP contribution in [0.2, 0.25) is 0 Å². The van der Waals surface area contributed by atoms with Gasteiger partial charge in [-0.25, -0.2) is 0 Å². The zero-order chi connectivity index (χ0) is 8.97. The van der Waals surface area contributed by atoms with Crippen LogP contribution in [0.15, 0.2) is 29.3 Å². The lowest BCUT2D eigenvalue weighted by molar-refractivity contribution is 1.43. The number of thioether (sulfide) groups is 1. The van der Waals surface area contributed by atoms with E-state index < -0.39 is 0 Å². The van der Waals surface area contributed by atoms with E-state index in [1.807, 2.05) is 13.3 Å². The van der Waals surface area contributed by atoms with Gasteiger partial charge in [-0.1, -0.05) is 29.8 Å². The van der Waals surface area contributed by atoms with E-state index in [0.29, 0.717) is 0 Å². The Morgan fingerprint density at radius 2 is 1.83 bits per heavy atom. The van der Waals surface area contributed by atoms with Crippen LogP contribution in [0, 0.1) is 6.92 Å². The third-order valence-electron chi connectivity index (χ3n) is 1.69. The van der Waals surface area contributed by atoms with Crippen molar-refractivity contribution in [2.75, 3.05) is 13.3 Å². The van der Waals surface area contributed by atoms with Gasteiger partial charge >= 0.3 is 0 Å². The molecule has 0 aromatic heterocycles. The van der Waals surface area contributed by atoms with Crippen LogP contribution in [0.25, 0.3) is 0 Å². The first-order chi connectivity index (χ1) is 5.77. The highest BCUT2D eigenvalue weighted by Gasteiger charge is 1.98. The summed E-state index contributed by atoms with van der Waals surface area (Å²) in [4.78, 5) is 4.19. The van der Waals surface area contributed by atoms with Crippen LogP contribution in [-0.4, -0.2) is 18.3 Å². The number of aliphatic imine (C=N–C) groups is 1. The Kier molecular flexibility index (Phi) is 3.35. The van der Waals surface area contributed by atoms with Crippen molar-refractivity contribution >= 4 is 16.8 Å². The molecule has 0 unspecified atom stereocenters. The van der Waals surface area contributed by atoms with E-state index in [1.165, 1.54) is 11.1 Å². The molecular formula is C10H13NS. The van der Waals surface area contributed by atoms with Gasteiger partial charge in [-0.05, 0) is 13.2 Å². The predicted octanol–water partition coefficient (Wildman–Crippen LogP) is 2.73. The summed E-state index contributed by atoms with van der Waals surface area (Å²) in [5.74, 6) is 0. The van der Waals surface area contributed by atoms with Crippen LogP contribution >= 0.6 is 11.8 Å². The summed E-state index contributed by atoms with van der Waals surface area (Å²) in [6.45, 7) is 2.09. The van der Waals surface area contributed by atoms with E-state index in [0.717, 1.165) is 5.04 Å². The second-order valence-corrected chi connectivity index (χ2v) is 3.39. The fourth-order valence-corrected chi connectivity index (χ4v) is 1.59. The highest BCUT2D eigenvalue weighted by atomic mass is 32.2. The average Bonchev–Trinajstić information content (AvgIpc) is 2.10. The smallest absolute Gasteiger partial charge is 0.0970 e. The summed E-state index contributed by atoms with van der Waals surface area (Å²) in [6.07, 6.45) is 2.04. The van der Waals surface area contributed by atoms with E-state index in [4.69, 9.17) is 0 Å². The molecule has 0 atom stereocenters. The fraction of sp³-hybridized carbons (Fsp3) is 0.300. The Labute approximate surface area is 77.9 Å². The number of hydrogen-bond acceptors (Lipinski definition) is 2. The minimum atomic E-state index is 1.09. The van der Waals surface area contributed by atoms with Crippen molar-refractivity contribution in [3.8, 4) is 0 Å². The Hall–Kier alpha value is -0.760. The standard InChI is InChI=1S/C10H13NS/c1-8-4-6-9(7-5-8)10(11-2)12-3/h4-7H,1-3H3. The molecule has 0 bridgehead atoms. The number of hydrogen-bond donors (Lipinski definition) is 0. The van der Waals surface area contributed by atoms with Crippen LogP contribution in [-0.2, 0) is 0 Å². The SMILES string of the molecule is CN=C(SC)c1ccc(C)cc1. The van der Waals surface area contributed by atoms with Crippen molar-refractivity contribution < 1.29 is 0 Å². The Morgan fingerprint density at radius 3 is 2.25 bits per heavy atom. The molecule has 1 aromatic carbocycles. The molecule has 64 valence electrons. The molecule has 1 aromatic rings. The molecule has 0 radical (unpaired) electrons. The molecule has 0 heterocycles. The molecule has 0 aliphatic rings. The molecule has 1 nitrogen and oxygen atoms in total. The topological polar surface area (TPSA) is 12.4 Å². The van der Waals surface area contributed by atoms with Crippen molar-refractivity contribution in [1.82, 2.24) is 0 Å². The number of benzene rings is 1. The minimum absolute atomic E-state index is 1.09. The third kappa shape index (κ3) is 2.11. The lowest BCUT2D eigenvalue weighted by Crippen LogP contribution is -1.93. The van der Waals surface area contributed by atoms with Crippen LogP contribution < -0.4 is 0 Å². The largest absolute Gasteiger partial charge is 0.281 e. The van der Waals surface area contributed by atoms with E-state index >= 15 is 0 Å². The van der Waals surface area contributed by atoms with E-state index in [9.17, 15) is 0 Å². The molecule has 0 aliphatic carbocycles. The average molecular weight is 179 g/mol. The van der Waals surface area contributed by atoms with Crippen molar-refractivity contribution in [3.05, 3.63) is 35.4 Å². The van der Waals surface area contributed by atoms with Crippen molar-refractivity contribution in [1.29, 1.82) is 0 Å². The van der Waals surface area contributed by atoms with Crippen molar-refractivity contribution in [3.63, 3.8) is 0 Å². The van der Waals surface area contributed by atoms with Crippen molar-refractivity contribution in [2.24, 2.45) is 4.99 Å². The summed E-state index contributed by atoms with van der Waals surface area (Å²) in [6, 6.07) is 8.43. The summed E-state index contributed by atoms with van der Waals surface area (Å²) >= 11 is 1.68. The molecule has 0 aliphatic heterocycles. The third-order valence-corrected chi connectivity index (χ3v) is 2.50. The maximum absolute atomic E-state index is 4.19. The van der Waals surface area contributed by atoms with E-state index in [1.54, 1.807) is 11.8 Å². The van der Waals surface area contributed by atoms with E-state index in [-0.39, 0.29) is 0 Å². The lowest BCUT2D eigenvalue weighted by atomic mass is 10.2. The normalized spacial score (nSPS) is 11.8.